The molecule has 1 atom stereocenters. The first-order valence-electron chi connectivity index (χ1n) is 12.4. The van der Waals surface area contributed by atoms with Gasteiger partial charge in [0, 0.05) is 43.6 Å². The van der Waals surface area contributed by atoms with Crippen molar-refractivity contribution in [1.82, 2.24) is 15.2 Å². The second-order valence-electron chi connectivity index (χ2n) is 9.08. The molecule has 8 nitrogen and oxygen atoms in total. The smallest absolute Gasteiger partial charge is 0.328 e. The monoisotopic (exact) mass is 499 g/mol. The van der Waals surface area contributed by atoms with E-state index in [0.29, 0.717) is 38.2 Å². The van der Waals surface area contributed by atoms with Crippen LogP contribution in [0.2, 0.25) is 0 Å². The molecule has 0 spiro atoms. The number of benzene rings is 1. The van der Waals surface area contributed by atoms with Crippen LogP contribution in [-0.4, -0.2) is 61.1 Å². The summed E-state index contributed by atoms with van der Waals surface area (Å²) in [5.41, 5.74) is 2.51. The van der Waals surface area contributed by atoms with Crippen molar-refractivity contribution in [3.05, 3.63) is 40.4 Å². The number of unbranched alkanes of at least 4 members (excludes halogenated alkanes) is 1. The van der Waals surface area contributed by atoms with Crippen LogP contribution >= 0.6 is 11.3 Å². The predicted octanol–water partition coefficient (Wildman–Crippen LogP) is 3.76. The summed E-state index contributed by atoms with van der Waals surface area (Å²) in [7, 11) is 1.41. The highest BCUT2D eigenvalue weighted by atomic mass is 32.1. The molecule has 2 aromatic rings. The third kappa shape index (κ3) is 6.08. The van der Waals surface area contributed by atoms with Crippen LogP contribution in [0.4, 0.5) is 0 Å². The standard InChI is InChI=1S/C26H33N3O5S/c1-3-4-15-34-26(32)22-23-20(9-12-27-22)28-24(35-23)18-5-7-19(8-6-18)25(31)29-13-10-17(11-14-29)16-21(30)33-2/h5-8,17,22,27H,3-4,9-16H2,1-2H3. The molecular weight excluding hydrogens is 466 g/mol. The Balaban J connectivity index is 1.39. The molecule has 1 aromatic heterocycles. The quantitative estimate of drug-likeness (QED) is 0.436. The Bertz CT molecular complexity index is 1040. The number of hydrogen-bond acceptors (Lipinski definition) is 8. The molecule has 1 N–H and O–H groups in total. The number of methoxy groups -OCH3 is 1. The number of rotatable bonds is 8. The lowest BCUT2D eigenvalue weighted by atomic mass is 9.93. The van der Waals surface area contributed by atoms with Crippen LogP contribution in [0.1, 0.15) is 66.0 Å². The zero-order chi connectivity index (χ0) is 24.8. The van der Waals surface area contributed by atoms with Gasteiger partial charge in [0.1, 0.15) is 11.0 Å². The fraction of sp³-hybridized carbons (Fsp3) is 0.538. The average molecular weight is 500 g/mol. The topological polar surface area (TPSA) is 97.8 Å². The molecule has 1 saturated heterocycles. The Hall–Kier alpha value is -2.78. The van der Waals surface area contributed by atoms with Crippen molar-refractivity contribution < 1.29 is 23.9 Å². The van der Waals surface area contributed by atoms with Crippen molar-refractivity contribution >= 4 is 29.2 Å². The average Bonchev–Trinajstić information content (AvgIpc) is 3.33. The number of thiazole rings is 1. The first-order valence-corrected chi connectivity index (χ1v) is 13.2. The van der Waals surface area contributed by atoms with Crippen molar-refractivity contribution in [1.29, 1.82) is 0 Å². The summed E-state index contributed by atoms with van der Waals surface area (Å²) in [4.78, 5) is 44.6. The second-order valence-corrected chi connectivity index (χ2v) is 10.1. The Labute approximate surface area is 210 Å². The normalized spacial score (nSPS) is 18.1. The highest BCUT2D eigenvalue weighted by Crippen LogP contribution is 2.35. The maximum absolute atomic E-state index is 13.0. The maximum atomic E-state index is 13.0. The summed E-state index contributed by atoms with van der Waals surface area (Å²) in [5.74, 6) is -0.159. The van der Waals surface area contributed by atoms with Crippen molar-refractivity contribution in [2.75, 3.05) is 33.4 Å². The molecule has 188 valence electrons. The van der Waals surface area contributed by atoms with E-state index in [-0.39, 0.29) is 23.8 Å². The molecule has 0 aliphatic carbocycles. The van der Waals surface area contributed by atoms with E-state index in [0.717, 1.165) is 53.2 Å². The Morgan fingerprint density at radius 1 is 1.17 bits per heavy atom. The zero-order valence-corrected chi connectivity index (χ0v) is 21.2. The lowest BCUT2D eigenvalue weighted by Crippen LogP contribution is -2.38. The van der Waals surface area contributed by atoms with Crippen LogP contribution in [0.3, 0.4) is 0 Å². The zero-order valence-electron chi connectivity index (χ0n) is 20.4. The SMILES string of the molecule is CCCCOC(=O)C1NCCc2nc(-c3ccc(C(=O)N4CCC(CC(=O)OC)CC4)cc3)sc21. The summed E-state index contributed by atoms with van der Waals surface area (Å²) in [6.45, 7) is 4.48. The largest absolute Gasteiger partial charge is 0.469 e. The summed E-state index contributed by atoms with van der Waals surface area (Å²) in [5, 5.41) is 4.10. The van der Waals surface area contributed by atoms with Gasteiger partial charge in [-0.05, 0) is 37.3 Å². The van der Waals surface area contributed by atoms with E-state index in [1.54, 1.807) is 0 Å². The lowest BCUT2D eigenvalue weighted by molar-refractivity contribution is -0.146. The van der Waals surface area contributed by atoms with Gasteiger partial charge >= 0.3 is 11.9 Å². The highest BCUT2D eigenvalue weighted by molar-refractivity contribution is 7.15. The number of fused-ring (bicyclic) bond motifs is 1. The van der Waals surface area contributed by atoms with Crippen LogP contribution in [0.25, 0.3) is 10.6 Å². The molecule has 1 unspecified atom stereocenters. The lowest BCUT2D eigenvalue weighted by Gasteiger charge is -2.31. The van der Waals surface area contributed by atoms with Gasteiger partial charge in [-0.3, -0.25) is 14.9 Å². The van der Waals surface area contributed by atoms with Gasteiger partial charge in [0.25, 0.3) is 5.91 Å². The molecule has 9 heteroatoms. The van der Waals surface area contributed by atoms with Crippen LogP contribution in [0.15, 0.2) is 24.3 Å². The fourth-order valence-corrected chi connectivity index (χ4v) is 5.69. The number of carbonyl (C=O) groups is 3. The number of likely N-dealkylation sites (tertiary alicyclic amines) is 1. The van der Waals surface area contributed by atoms with E-state index < -0.39 is 6.04 Å². The van der Waals surface area contributed by atoms with E-state index in [1.165, 1.54) is 18.4 Å². The fourth-order valence-electron chi connectivity index (χ4n) is 4.51. The van der Waals surface area contributed by atoms with E-state index in [2.05, 4.69) is 12.2 Å². The van der Waals surface area contributed by atoms with Crippen LogP contribution < -0.4 is 5.32 Å². The molecule has 0 saturated carbocycles. The molecule has 0 radical (unpaired) electrons. The third-order valence-electron chi connectivity index (χ3n) is 6.64. The van der Waals surface area contributed by atoms with E-state index in [9.17, 15) is 14.4 Å². The minimum atomic E-state index is -0.468. The Morgan fingerprint density at radius 2 is 1.91 bits per heavy atom. The van der Waals surface area contributed by atoms with E-state index >= 15 is 0 Å². The number of esters is 2. The van der Waals surface area contributed by atoms with Gasteiger partial charge in [0.15, 0.2) is 0 Å². The van der Waals surface area contributed by atoms with Crippen molar-refractivity contribution in [3.63, 3.8) is 0 Å². The molecule has 3 heterocycles. The molecule has 1 fully saturated rings. The molecule has 2 aliphatic heterocycles. The number of nitrogens with zero attached hydrogens (tertiary/aromatic N) is 2. The van der Waals surface area contributed by atoms with Gasteiger partial charge in [-0.1, -0.05) is 25.5 Å². The maximum Gasteiger partial charge on any atom is 0.328 e. The number of carbonyl (C=O) groups excluding carboxylic acids is 3. The van der Waals surface area contributed by atoms with Gasteiger partial charge in [0.05, 0.1) is 24.3 Å². The van der Waals surface area contributed by atoms with E-state index in [1.807, 2.05) is 29.2 Å². The number of nitrogens with one attached hydrogen (secondary N) is 1. The van der Waals surface area contributed by atoms with Gasteiger partial charge in [-0.15, -0.1) is 11.3 Å². The van der Waals surface area contributed by atoms with Crippen LogP contribution in [0.5, 0.6) is 0 Å². The molecule has 35 heavy (non-hydrogen) atoms. The predicted molar refractivity (Wildman–Crippen MR) is 133 cm³/mol. The van der Waals surface area contributed by atoms with Crippen LogP contribution in [0, 0.1) is 5.92 Å². The van der Waals surface area contributed by atoms with Crippen molar-refractivity contribution in [2.45, 2.75) is 51.5 Å². The van der Waals surface area contributed by atoms with E-state index in [4.69, 9.17) is 14.5 Å². The Morgan fingerprint density at radius 3 is 2.60 bits per heavy atom. The summed E-state index contributed by atoms with van der Waals surface area (Å²) in [6, 6.07) is 7.05. The van der Waals surface area contributed by atoms with Gasteiger partial charge < -0.3 is 14.4 Å². The summed E-state index contributed by atoms with van der Waals surface area (Å²) < 4.78 is 10.2. The van der Waals surface area contributed by atoms with Crippen molar-refractivity contribution in [2.24, 2.45) is 5.92 Å². The minimum absolute atomic E-state index is 0.00518. The molecule has 1 amide bonds. The number of aromatic nitrogens is 1. The van der Waals surface area contributed by atoms with Gasteiger partial charge in [-0.2, -0.15) is 0 Å². The van der Waals surface area contributed by atoms with Gasteiger partial charge in [0.2, 0.25) is 0 Å². The first kappa shape index (κ1) is 25.3. The number of amides is 1. The van der Waals surface area contributed by atoms with Gasteiger partial charge in [-0.25, -0.2) is 9.78 Å². The number of piperidine rings is 1. The number of ether oxygens (including phenoxy) is 2. The Kier molecular flexibility index (Phi) is 8.51. The molecule has 1 aromatic carbocycles. The van der Waals surface area contributed by atoms with Crippen LogP contribution in [-0.2, 0) is 25.5 Å². The molecular formula is C26H33N3O5S. The molecule has 0 bridgehead atoms. The van der Waals surface area contributed by atoms with Crippen molar-refractivity contribution in [3.8, 4) is 10.6 Å². The minimum Gasteiger partial charge on any atom is -0.469 e. The highest BCUT2D eigenvalue weighted by Gasteiger charge is 2.31. The third-order valence-corrected chi connectivity index (χ3v) is 7.85. The summed E-state index contributed by atoms with van der Waals surface area (Å²) >= 11 is 1.51. The first-order chi connectivity index (χ1) is 17.0. The molecule has 4 rings (SSSR count). The number of hydrogen-bond donors (Lipinski definition) is 1. The second kappa shape index (κ2) is 11.8. The molecule has 2 aliphatic rings. The summed E-state index contributed by atoms with van der Waals surface area (Å²) in [6.07, 6.45) is 4.63.